The number of nitro benzene ring substituents is 1. The maximum atomic E-state index is 12.5. The quantitative estimate of drug-likeness (QED) is 0.183. The molecule has 0 heterocycles. The summed E-state index contributed by atoms with van der Waals surface area (Å²) in [5.41, 5.74) is 2.47. The molecule has 1 N–H and O–H groups in total. The fourth-order valence-electron chi connectivity index (χ4n) is 2.89. The number of amides is 1. The van der Waals surface area contributed by atoms with Gasteiger partial charge in [-0.05, 0) is 60.0 Å². The third-order valence-electron chi connectivity index (χ3n) is 4.62. The van der Waals surface area contributed by atoms with Gasteiger partial charge in [-0.3, -0.25) is 14.9 Å². The van der Waals surface area contributed by atoms with E-state index in [1.54, 1.807) is 24.3 Å². The maximum absolute atomic E-state index is 12.5. The van der Waals surface area contributed by atoms with Crippen molar-refractivity contribution in [2.75, 3.05) is 5.32 Å². The summed E-state index contributed by atoms with van der Waals surface area (Å²) in [5, 5.41) is 23.3. The average Bonchev–Trinajstić information content (AvgIpc) is 2.78. The Labute approximate surface area is 200 Å². The third-order valence-corrected chi connectivity index (χ3v) is 5.18. The van der Waals surface area contributed by atoms with E-state index in [1.807, 2.05) is 25.1 Å². The molecule has 0 radical (unpaired) electrons. The van der Waals surface area contributed by atoms with Crippen molar-refractivity contribution < 1.29 is 14.5 Å². The molecule has 0 fully saturated rings. The van der Waals surface area contributed by atoms with Gasteiger partial charge in [-0.2, -0.15) is 5.26 Å². The van der Waals surface area contributed by atoms with Crippen LogP contribution in [0.3, 0.4) is 0 Å². The number of rotatable bonds is 7. The van der Waals surface area contributed by atoms with Crippen LogP contribution in [0.15, 0.2) is 66.2 Å². The minimum atomic E-state index is -0.558. The molecule has 0 bridgehead atoms. The van der Waals surface area contributed by atoms with Crippen molar-refractivity contribution >= 4 is 46.6 Å². The number of anilines is 1. The summed E-state index contributed by atoms with van der Waals surface area (Å²) in [7, 11) is 0. The van der Waals surface area contributed by atoms with Crippen molar-refractivity contribution in [3.05, 3.63) is 103 Å². The number of nitro groups is 1. The van der Waals surface area contributed by atoms with Gasteiger partial charge in [-0.1, -0.05) is 41.4 Å². The Morgan fingerprint density at radius 3 is 2.36 bits per heavy atom. The first-order valence-electron chi connectivity index (χ1n) is 9.62. The molecule has 166 valence electrons. The number of non-ortho nitro benzene ring substituents is 1. The first kappa shape index (κ1) is 23.8. The molecule has 0 aromatic heterocycles. The SMILES string of the molecule is Cc1ccccc1NC(=O)/C(C#N)=C\c1cc(Cl)c(OCc2ccc([N+](=O)[O-])cc2)c(Cl)c1. The van der Waals surface area contributed by atoms with E-state index in [4.69, 9.17) is 27.9 Å². The Kier molecular flexibility index (Phi) is 7.67. The van der Waals surface area contributed by atoms with E-state index < -0.39 is 10.8 Å². The number of carbonyl (C=O) groups excluding carboxylic acids is 1. The summed E-state index contributed by atoms with van der Waals surface area (Å²) < 4.78 is 5.68. The van der Waals surface area contributed by atoms with Gasteiger partial charge in [0, 0.05) is 17.8 Å². The molecular formula is C24H17Cl2N3O4. The first-order chi connectivity index (χ1) is 15.8. The fourth-order valence-corrected chi connectivity index (χ4v) is 3.50. The number of halogens is 2. The molecule has 33 heavy (non-hydrogen) atoms. The second-order valence-electron chi connectivity index (χ2n) is 6.96. The lowest BCUT2D eigenvalue weighted by Crippen LogP contribution is -2.14. The first-order valence-corrected chi connectivity index (χ1v) is 10.4. The standard InChI is InChI=1S/C24H17Cl2N3O4/c1-15-4-2-3-5-22(15)28-24(30)18(13-27)10-17-11-20(25)23(21(26)12-17)33-14-16-6-8-19(9-7-16)29(31)32/h2-12H,14H2,1H3,(H,28,30)/b18-10-. The summed E-state index contributed by atoms with van der Waals surface area (Å²) in [6.07, 6.45) is 1.38. The average molecular weight is 482 g/mol. The summed E-state index contributed by atoms with van der Waals surface area (Å²) in [6.45, 7) is 1.94. The number of hydrogen-bond acceptors (Lipinski definition) is 5. The molecule has 0 aliphatic carbocycles. The van der Waals surface area contributed by atoms with Crippen LogP contribution in [0, 0.1) is 28.4 Å². The molecular weight excluding hydrogens is 465 g/mol. The number of benzene rings is 3. The van der Waals surface area contributed by atoms with E-state index in [2.05, 4.69) is 5.32 Å². The normalized spacial score (nSPS) is 10.9. The second-order valence-corrected chi connectivity index (χ2v) is 7.78. The van der Waals surface area contributed by atoms with E-state index >= 15 is 0 Å². The molecule has 0 aliphatic rings. The Balaban J connectivity index is 1.75. The molecule has 0 saturated carbocycles. The van der Waals surface area contributed by atoms with E-state index in [0.717, 1.165) is 5.56 Å². The molecule has 0 aliphatic heterocycles. The Morgan fingerprint density at radius 1 is 1.15 bits per heavy atom. The van der Waals surface area contributed by atoms with Gasteiger partial charge in [0.25, 0.3) is 11.6 Å². The molecule has 0 spiro atoms. The van der Waals surface area contributed by atoms with Crippen LogP contribution in [0.2, 0.25) is 10.0 Å². The van der Waals surface area contributed by atoms with Crippen molar-refractivity contribution in [2.24, 2.45) is 0 Å². The predicted octanol–water partition coefficient (Wildman–Crippen LogP) is 6.33. The smallest absolute Gasteiger partial charge is 0.269 e. The zero-order valence-electron chi connectivity index (χ0n) is 17.3. The number of para-hydroxylation sites is 1. The van der Waals surface area contributed by atoms with Crippen LogP contribution in [0.5, 0.6) is 5.75 Å². The van der Waals surface area contributed by atoms with Crippen molar-refractivity contribution in [1.82, 2.24) is 0 Å². The highest BCUT2D eigenvalue weighted by atomic mass is 35.5. The van der Waals surface area contributed by atoms with Gasteiger partial charge >= 0.3 is 0 Å². The van der Waals surface area contributed by atoms with Crippen molar-refractivity contribution in [3.8, 4) is 11.8 Å². The molecule has 3 aromatic carbocycles. The number of aryl methyl sites for hydroxylation is 1. The van der Waals surface area contributed by atoms with Crippen LogP contribution in [-0.2, 0) is 11.4 Å². The van der Waals surface area contributed by atoms with Gasteiger partial charge in [-0.15, -0.1) is 0 Å². The molecule has 1 amide bonds. The van der Waals surface area contributed by atoms with Crippen molar-refractivity contribution in [2.45, 2.75) is 13.5 Å². The lowest BCUT2D eigenvalue weighted by Gasteiger charge is -2.11. The lowest BCUT2D eigenvalue weighted by molar-refractivity contribution is -0.384. The van der Waals surface area contributed by atoms with E-state index in [1.165, 1.54) is 30.3 Å². The van der Waals surface area contributed by atoms with Gasteiger partial charge in [0.1, 0.15) is 18.2 Å². The second kappa shape index (κ2) is 10.6. The summed E-state index contributed by atoms with van der Waals surface area (Å²) >= 11 is 12.6. The Bertz CT molecular complexity index is 1260. The van der Waals surface area contributed by atoms with E-state index in [0.29, 0.717) is 16.8 Å². The van der Waals surface area contributed by atoms with E-state index in [9.17, 15) is 20.2 Å². The largest absolute Gasteiger partial charge is 0.486 e. The molecule has 3 aromatic rings. The number of nitrogens with one attached hydrogen (secondary N) is 1. The highest BCUT2D eigenvalue weighted by molar-refractivity contribution is 6.37. The topological polar surface area (TPSA) is 105 Å². The minimum absolute atomic E-state index is 0.0225. The van der Waals surface area contributed by atoms with Gasteiger partial charge in [-0.25, -0.2) is 0 Å². The van der Waals surface area contributed by atoms with Crippen molar-refractivity contribution in [1.29, 1.82) is 5.26 Å². The Hall–Kier alpha value is -3.86. The fraction of sp³-hybridized carbons (Fsp3) is 0.0833. The number of nitriles is 1. The number of nitrogens with zero attached hydrogens (tertiary/aromatic N) is 2. The van der Waals surface area contributed by atoms with Gasteiger partial charge < -0.3 is 10.1 Å². The minimum Gasteiger partial charge on any atom is -0.486 e. The van der Waals surface area contributed by atoms with Crippen LogP contribution >= 0.6 is 23.2 Å². The van der Waals surface area contributed by atoms with Crippen LogP contribution < -0.4 is 10.1 Å². The monoisotopic (exact) mass is 481 g/mol. The number of carbonyl (C=O) groups is 1. The summed E-state index contributed by atoms with van der Waals surface area (Å²) in [5.74, 6) is -0.339. The van der Waals surface area contributed by atoms with E-state index in [-0.39, 0.29) is 33.7 Å². The highest BCUT2D eigenvalue weighted by Crippen LogP contribution is 2.35. The molecule has 0 saturated heterocycles. The van der Waals surface area contributed by atoms with Crippen LogP contribution in [0.25, 0.3) is 6.08 Å². The van der Waals surface area contributed by atoms with Crippen LogP contribution in [0.4, 0.5) is 11.4 Å². The van der Waals surface area contributed by atoms with Gasteiger partial charge in [0.2, 0.25) is 0 Å². The molecule has 7 nitrogen and oxygen atoms in total. The molecule has 0 unspecified atom stereocenters. The molecule has 0 atom stereocenters. The number of ether oxygens (including phenoxy) is 1. The zero-order valence-corrected chi connectivity index (χ0v) is 18.9. The zero-order chi connectivity index (χ0) is 24.0. The van der Waals surface area contributed by atoms with Crippen LogP contribution in [-0.4, -0.2) is 10.8 Å². The summed E-state index contributed by atoms with van der Waals surface area (Å²) in [4.78, 5) is 22.8. The number of hydrogen-bond donors (Lipinski definition) is 1. The molecule has 9 heteroatoms. The Morgan fingerprint density at radius 2 is 1.79 bits per heavy atom. The van der Waals surface area contributed by atoms with Crippen LogP contribution in [0.1, 0.15) is 16.7 Å². The van der Waals surface area contributed by atoms with Gasteiger partial charge in [0.15, 0.2) is 5.75 Å². The maximum Gasteiger partial charge on any atom is 0.269 e. The van der Waals surface area contributed by atoms with Crippen molar-refractivity contribution in [3.63, 3.8) is 0 Å². The predicted molar refractivity (Wildman–Crippen MR) is 127 cm³/mol. The molecule has 3 rings (SSSR count). The van der Waals surface area contributed by atoms with Gasteiger partial charge in [0.05, 0.1) is 15.0 Å². The third kappa shape index (κ3) is 6.10. The summed E-state index contributed by atoms with van der Waals surface area (Å²) in [6, 6.07) is 18.1. The highest BCUT2D eigenvalue weighted by Gasteiger charge is 2.14. The lowest BCUT2D eigenvalue weighted by atomic mass is 10.1.